The number of fused-ring (bicyclic) bond motifs is 2. The second-order valence-electron chi connectivity index (χ2n) is 4.07. The molecule has 0 heterocycles. The molecular weight excluding hydrogens is 180 g/mol. The average molecular weight is 212 g/mol. The molecule has 0 nitrogen and oxygen atoms in total. The van der Waals surface area contributed by atoms with E-state index in [0.717, 1.165) is 17.8 Å². The summed E-state index contributed by atoms with van der Waals surface area (Å²) >= 11 is 0. The molecule has 15 heavy (non-hydrogen) atoms. The van der Waals surface area contributed by atoms with Crippen molar-refractivity contribution in [3.8, 4) is 0 Å². The van der Waals surface area contributed by atoms with Gasteiger partial charge in [0.1, 0.15) is 0 Å². The van der Waals surface area contributed by atoms with E-state index in [-0.39, 0.29) is 14.9 Å². The maximum Gasteiger partial charge on any atom is -0.0175 e. The largest absolute Gasteiger partial charge is 0.0879 e. The van der Waals surface area contributed by atoms with Gasteiger partial charge in [-0.3, -0.25) is 0 Å². The van der Waals surface area contributed by atoms with Gasteiger partial charge < -0.3 is 0 Å². The standard InChI is InChI=1S/C11H18.C2H6.2CH4/c1-3-10-8-5-6-9(7-8)11(10)4-2;1-2;;/h3,8-9,11H,4-7H2,1-2H3;1-2H3;2*1H4/b10-3-;;;. The van der Waals surface area contributed by atoms with Crippen molar-refractivity contribution in [2.24, 2.45) is 17.8 Å². The molecule has 0 aromatic carbocycles. The van der Waals surface area contributed by atoms with E-state index in [2.05, 4.69) is 19.9 Å². The Balaban J connectivity index is 0. The van der Waals surface area contributed by atoms with Gasteiger partial charge in [-0.05, 0) is 50.4 Å². The van der Waals surface area contributed by atoms with Gasteiger partial charge >= 0.3 is 0 Å². The maximum atomic E-state index is 2.39. The Morgan fingerprint density at radius 1 is 1.20 bits per heavy atom. The first-order valence-corrected chi connectivity index (χ1v) is 6.03. The van der Waals surface area contributed by atoms with Gasteiger partial charge in [0.2, 0.25) is 0 Å². The molecule has 3 atom stereocenters. The highest BCUT2D eigenvalue weighted by atomic mass is 14.5. The van der Waals surface area contributed by atoms with Crippen LogP contribution in [0.25, 0.3) is 0 Å². The molecule has 0 radical (unpaired) electrons. The molecule has 0 aromatic heterocycles. The zero-order valence-electron chi connectivity index (χ0n) is 9.64. The van der Waals surface area contributed by atoms with Crippen molar-refractivity contribution in [3.63, 3.8) is 0 Å². The van der Waals surface area contributed by atoms with Crippen molar-refractivity contribution in [1.82, 2.24) is 0 Å². The van der Waals surface area contributed by atoms with Crippen LogP contribution in [0.4, 0.5) is 0 Å². The zero-order valence-corrected chi connectivity index (χ0v) is 9.64. The number of hydrogen-bond donors (Lipinski definition) is 0. The lowest BCUT2D eigenvalue weighted by Gasteiger charge is -2.23. The van der Waals surface area contributed by atoms with Crippen LogP contribution >= 0.6 is 0 Å². The molecule has 0 aliphatic heterocycles. The predicted octanol–water partition coefficient (Wildman–Crippen LogP) is 5.69. The molecule has 0 N–H and O–H groups in total. The molecule has 0 aromatic rings. The Morgan fingerprint density at radius 3 is 2.20 bits per heavy atom. The summed E-state index contributed by atoms with van der Waals surface area (Å²) in [5.41, 5.74) is 1.80. The topological polar surface area (TPSA) is 0 Å². The molecule has 0 amide bonds. The van der Waals surface area contributed by atoms with E-state index in [1.807, 2.05) is 13.8 Å². The van der Waals surface area contributed by atoms with E-state index < -0.39 is 0 Å². The summed E-state index contributed by atoms with van der Waals surface area (Å²) in [6.45, 7) is 8.56. The lowest BCUT2D eigenvalue weighted by atomic mass is 9.82. The minimum absolute atomic E-state index is 0. The third kappa shape index (κ3) is 3.09. The molecule has 0 saturated heterocycles. The Bertz CT molecular complexity index is 178. The van der Waals surface area contributed by atoms with Gasteiger partial charge in [0, 0.05) is 0 Å². The lowest BCUT2D eigenvalue weighted by molar-refractivity contribution is 0.395. The second kappa shape index (κ2) is 7.96. The van der Waals surface area contributed by atoms with Gasteiger partial charge in [-0.25, -0.2) is 0 Å². The lowest BCUT2D eigenvalue weighted by Crippen LogP contribution is -2.12. The summed E-state index contributed by atoms with van der Waals surface area (Å²) in [6.07, 6.45) is 8.28. The molecule has 2 saturated carbocycles. The van der Waals surface area contributed by atoms with Crippen LogP contribution in [-0.4, -0.2) is 0 Å². The minimum Gasteiger partial charge on any atom is -0.0879 e. The molecule has 92 valence electrons. The Morgan fingerprint density at radius 2 is 1.80 bits per heavy atom. The van der Waals surface area contributed by atoms with Crippen molar-refractivity contribution in [1.29, 1.82) is 0 Å². The molecular formula is C15H32. The summed E-state index contributed by atoms with van der Waals surface area (Å²) in [7, 11) is 0. The molecule has 2 rings (SSSR count). The van der Waals surface area contributed by atoms with E-state index in [9.17, 15) is 0 Å². The van der Waals surface area contributed by atoms with Crippen LogP contribution in [0.2, 0.25) is 0 Å². The summed E-state index contributed by atoms with van der Waals surface area (Å²) in [5.74, 6) is 3.03. The predicted molar refractivity (Wildman–Crippen MR) is 73.2 cm³/mol. The molecule has 0 spiro atoms. The van der Waals surface area contributed by atoms with Crippen molar-refractivity contribution >= 4 is 0 Å². The van der Waals surface area contributed by atoms with E-state index in [4.69, 9.17) is 0 Å². The fourth-order valence-electron chi connectivity index (χ4n) is 3.28. The molecule has 2 bridgehead atoms. The van der Waals surface area contributed by atoms with Crippen LogP contribution in [-0.2, 0) is 0 Å². The van der Waals surface area contributed by atoms with Gasteiger partial charge in [-0.15, -0.1) is 0 Å². The fourth-order valence-corrected chi connectivity index (χ4v) is 3.28. The number of allylic oxidation sites excluding steroid dienone is 2. The minimum atomic E-state index is 0. The van der Waals surface area contributed by atoms with Crippen molar-refractivity contribution in [3.05, 3.63) is 11.6 Å². The normalized spacial score (nSPS) is 33.9. The average Bonchev–Trinajstić information content (AvgIpc) is 2.79. The monoisotopic (exact) mass is 212 g/mol. The molecule has 2 aliphatic carbocycles. The highest BCUT2D eigenvalue weighted by Crippen LogP contribution is 2.52. The van der Waals surface area contributed by atoms with Gasteiger partial charge in [0.25, 0.3) is 0 Å². The van der Waals surface area contributed by atoms with Gasteiger partial charge in [0.15, 0.2) is 0 Å². The van der Waals surface area contributed by atoms with Gasteiger partial charge in [-0.2, -0.15) is 0 Å². The first-order valence-electron chi connectivity index (χ1n) is 6.03. The van der Waals surface area contributed by atoms with E-state index in [0.29, 0.717) is 0 Å². The van der Waals surface area contributed by atoms with Crippen LogP contribution < -0.4 is 0 Å². The fraction of sp³-hybridized carbons (Fsp3) is 0.867. The first kappa shape index (κ1) is 17.1. The van der Waals surface area contributed by atoms with Crippen molar-refractivity contribution < 1.29 is 0 Å². The Hall–Kier alpha value is -0.260. The quantitative estimate of drug-likeness (QED) is 0.490. The first-order chi connectivity index (χ1) is 6.36. The zero-order chi connectivity index (χ0) is 9.84. The van der Waals surface area contributed by atoms with Crippen LogP contribution in [0.5, 0.6) is 0 Å². The van der Waals surface area contributed by atoms with E-state index in [1.165, 1.54) is 25.7 Å². The van der Waals surface area contributed by atoms with Crippen LogP contribution in [0.15, 0.2) is 11.6 Å². The van der Waals surface area contributed by atoms with E-state index >= 15 is 0 Å². The van der Waals surface area contributed by atoms with Gasteiger partial charge in [0.05, 0.1) is 0 Å². The Kier molecular flexibility index (Phi) is 9.10. The smallest absolute Gasteiger partial charge is 0.0175 e. The highest BCUT2D eigenvalue weighted by Gasteiger charge is 2.41. The highest BCUT2D eigenvalue weighted by molar-refractivity contribution is 5.20. The molecule has 2 aliphatic rings. The summed E-state index contributed by atoms with van der Waals surface area (Å²) in [5, 5.41) is 0. The van der Waals surface area contributed by atoms with Crippen LogP contribution in [0, 0.1) is 17.8 Å². The SMILES string of the molecule is C.C.C/C=C1/C2CCC(C2)C1CC.CC. The van der Waals surface area contributed by atoms with Crippen molar-refractivity contribution in [2.75, 3.05) is 0 Å². The third-order valence-electron chi connectivity index (χ3n) is 3.71. The second-order valence-corrected chi connectivity index (χ2v) is 4.07. The molecule has 2 fully saturated rings. The maximum absolute atomic E-state index is 2.39. The molecule has 0 heteroatoms. The summed E-state index contributed by atoms with van der Waals surface area (Å²) < 4.78 is 0. The van der Waals surface area contributed by atoms with Crippen molar-refractivity contribution in [2.45, 2.75) is 68.2 Å². The van der Waals surface area contributed by atoms with Gasteiger partial charge in [-0.1, -0.05) is 47.3 Å². The summed E-state index contributed by atoms with van der Waals surface area (Å²) in [4.78, 5) is 0. The Labute approximate surface area is 98.2 Å². The van der Waals surface area contributed by atoms with E-state index in [1.54, 1.807) is 5.57 Å². The molecule has 3 unspecified atom stereocenters. The summed E-state index contributed by atoms with van der Waals surface area (Å²) in [6, 6.07) is 0. The van der Waals surface area contributed by atoms with Crippen LogP contribution in [0.3, 0.4) is 0 Å². The number of hydrogen-bond acceptors (Lipinski definition) is 0. The number of rotatable bonds is 1. The van der Waals surface area contributed by atoms with Crippen LogP contribution in [0.1, 0.15) is 68.2 Å². The third-order valence-corrected chi connectivity index (χ3v) is 3.71.